The fourth-order valence-corrected chi connectivity index (χ4v) is 5.68. The van der Waals surface area contributed by atoms with Gasteiger partial charge in [-0.2, -0.15) is 0 Å². The molecule has 5 nitrogen and oxygen atoms in total. The molecule has 7 rings (SSSR count). The van der Waals surface area contributed by atoms with Gasteiger partial charge < -0.3 is 20.3 Å². The lowest BCUT2D eigenvalue weighted by molar-refractivity contribution is 0.225. The number of aromatic nitrogens is 1. The van der Waals surface area contributed by atoms with E-state index in [4.69, 9.17) is 4.74 Å². The van der Waals surface area contributed by atoms with Crippen molar-refractivity contribution >= 4 is 32.9 Å². The Labute approximate surface area is 172 Å². The molecule has 150 valence electrons. The summed E-state index contributed by atoms with van der Waals surface area (Å²) >= 11 is 1.63. The second-order valence-electron chi connectivity index (χ2n) is 8.42. The standard InChI is InChI=1S/C22H23FN4OS/c1-12-2-3-17-20(11-29-22(17)24-12)26-15-5-18-19(23)6-16(7-21(18)28-10-15)27-8-13-4-14(9-27)25-13/h2-3,6-7,11,13-15,25-26H,4-5,8-10H2,1H3/t13?,14?,15-/m0/s1. The van der Waals surface area contributed by atoms with Crippen LogP contribution < -0.4 is 20.3 Å². The number of nitrogens with one attached hydrogen (secondary N) is 2. The summed E-state index contributed by atoms with van der Waals surface area (Å²) in [6.07, 6.45) is 1.85. The third kappa shape index (κ3) is 3.04. The number of pyridine rings is 1. The van der Waals surface area contributed by atoms with Crippen molar-refractivity contribution < 1.29 is 9.13 Å². The van der Waals surface area contributed by atoms with E-state index in [1.165, 1.54) is 6.42 Å². The monoisotopic (exact) mass is 410 g/mol. The molecule has 6 heterocycles. The topological polar surface area (TPSA) is 49.4 Å². The van der Waals surface area contributed by atoms with E-state index in [-0.39, 0.29) is 11.9 Å². The van der Waals surface area contributed by atoms with Gasteiger partial charge in [-0.05, 0) is 31.5 Å². The van der Waals surface area contributed by atoms with Crippen LogP contribution in [0.25, 0.3) is 10.2 Å². The number of hydrogen-bond donors (Lipinski definition) is 2. The lowest BCUT2D eigenvalue weighted by Crippen LogP contribution is -2.67. The van der Waals surface area contributed by atoms with Crippen molar-refractivity contribution in [2.45, 2.75) is 37.9 Å². The highest BCUT2D eigenvalue weighted by Gasteiger charge is 2.37. The van der Waals surface area contributed by atoms with Gasteiger partial charge in [-0.3, -0.25) is 0 Å². The van der Waals surface area contributed by atoms with Gasteiger partial charge in [0.1, 0.15) is 23.0 Å². The Bertz CT molecular complexity index is 1080. The van der Waals surface area contributed by atoms with Crippen molar-refractivity contribution in [3.63, 3.8) is 0 Å². The molecule has 3 aromatic rings. The van der Waals surface area contributed by atoms with E-state index < -0.39 is 0 Å². The summed E-state index contributed by atoms with van der Waals surface area (Å²) in [4.78, 5) is 7.88. The third-order valence-electron chi connectivity index (χ3n) is 6.25. The average Bonchev–Trinajstić information content (AvgIpc) is 3.09. The summed E-state index contributed by atoms with van der Waals surface area (Å²) in [7, 11) is 0. The van der Waals surface area contributed by atoms with Crippen LogP contribution in [0.15, 0.2) is 29.6 Å². The van der Waals surface area contributed by atoms with Crippen molar-refractivity contribution in [1.29, 1.82) is 0 Å². The molecule has 2 aromatic heterocycles. The summed E-state index contributed by atoms with van der Waals surface area (Å²) in [5.41, 5.74) is 3.67. The van der Waals surface area contributed by atoms with E-state index in [1.54, 1.807) is 17.4 Å². The first-order valence-electron chi connectivity index (χ1n) is 10.2. The number of benzene rings is 1. The molecular formula is C22H23FN4OS. The van der Waals surface area contributed by atoms with Crippen LogP contribution in [0.1, 0.15) is 17.7 Å². The van der Waals surface area contributed by atoms with Crippen molar-refractivity contribution in [3.05, 3.63) is 46.7 Å². The lowest BCUT2D eigenvalue weighted by Gasteiger charge is -2.49. The third-order valence-corrected chi connectivity index (χ3v) is 7.14. The highest BCUT2D eigenvalue weighted by atomic mass is 32.1. The lowest BCUT2D eigenvalue weighted by atomic mass is 9.90. The Morgan fingerprint density at radius 1 is 1.28 bits per heavy atom. The minimum atomic E-state index is -0.163. The first-order valence-corrected chi connectivity index (χ1v) is 11.1. The second-order valence-corrected chi connectivity index (χ2v) is 9.27. The number of anilines is 2. The SMILES string of the molecule is Cc1ccc2c(N[C@@H]3COc4cc(N5CC6CC(C5)N6)cc(F)c4C3)csc2n1. The van der Waals surface area contributed by atoms with Crippen molar-refractivity contribution in [2.24, 2.45) is 0 Å². The first kappa shape index (κ1) is 17.5. The molecule has 29 heavy (non-hydrogen) atoms. The van der Waals surface area contributed by atoms with Crippen LogP contribution in [0.4, 0.5) is 15.8 Å². The maximum Gasteiger partial charge on any atom is 0.132 e. The first-order chi connectivity index (χ1) is 14.1. The molecule has 2 unspecified atom stereocenters. The molecule has 2 bridgehead atoms. The Balaban J connectivity index is 1.22. The molecule has 7 heteroatoms. The molecule has 2 N–H and O–H groups in total. The van der Waals surface area contributed by atoms with Crippen molar-refractivity contribution in [2.75, 3.05) is 29.9 Å². The zero-order valence-electron chi connectivity index (χ0n) is 16.2. The van der Waals surface area contributed by atoms with Crippen LogP contribution >= 0.6 is 11.3 Å². The molecule has 3 atom stereocenters. The minimum Gasteiger partial charge on any atom is -0.491 e. The maximum absolute atomic E-state index is 15.0. The van der Waals surface area contributed by atoms with E-state index in [1.807, 2.05) is 19.1 Å². The normalized spacial score (nSPS) is 25.3. The highest BCUT2D eigenvalue weighted by Crippen LogP contribution is 2.36. The Morgan fingerprint density at radius 2 is 2.10 bits per heavy atom. The predicted molar refractivity (Wildman–Crippen MR) is 115 cm³/mol. The van der Waals surface area contributed by atoms with Crippen LogP contribution in [0.5, 0.6) is 5.75 Å². The maximum atomic E-state index is 15.0. The number of rotatable bonds is 3. The largest absolute Gasteiger partial charge is 0.491 e. The number of piperidine rings is 1. The summed E-state index contributed by atoms with van der Waals surface area (Å²) in [6, 6.07) is 8.94. The Hall–Kier alpha value is -2.38. The van der Waals surface area contributed by atoms with E-state index in [2.05, 4.69) is 32.0 Å². The summed E-state index contributed by atoms with van der Waals surface area (Å²) in [5, 5.41) is 10.3. The average molecular weight is 411 g/mol. The van der Waals surface area contributed by atoms with Crippen molar-refractivity contribution in [1.82, 2.24) is 10.3 Å². The molecule has 0 radical (unpaired) electrons. The van der Waals surface area contributed by atoms with E-state index in [9.17, 15) is 4.39 Å². The van der Waals surface area contributed by atoms with E-state index >= 15 is 0 Å². The van der Waals surface area contributed by atoms with Gasteiger partial charge in [0.2, 0.25) is 0 Å². The number of aryl methyl sites for hydroxylation is 1. The quantitative estimate of drug-likeness (QED) is 0.689. The van der Waals surface area contributed by atoms with Gasteiger partial charge in [-0.1, -0.05) is 0 Å². The molecular weight excluding hydrogens is 387 g/mol. The van der Waals surface area contributed by atoms with Crippen LogP contribution in [-0.4, -0.2) is 42.8 Å². The molecule has 0 amide bonds. The van der Waals surface area contributed by atoms with Crippen LogP contribution in [0.2, 0.25) is 0 Å². The van der Waals surface area contributed by atoms with E-state index in [0.29, 0.717) is 36.4 Å². The fourth-order valence-electron chi connectivity index (χ4n) is 4.76. The van der Waals surface area contributed by atoms with Crippen LogP contribution in [0.3, 0.4) is 0 Å². The minimum absolute atomic E-state index is 0.0359. The van der Waals surface area contributed by atoms with Crippen LogP contribution in [-0.2, 0) is 6.42 Å². The molecule has 3 saturated heterocycles. The molecule has 1 aromatic carbocycles. The van der Waals surface area contributed by atoms with Gasteiger partial charge in [0.25, 0.3) is 0 Å². The number of piperazine rings is 1. The summed E-state index contributed by atoms with van der Waals surface area (Å²) in [6.45, 7) is 4.41. The molecule has 0 aliphatic carbocycles. The number of halogens is 1. The number of nitrogens with zero attached hydrogens (tertiary/aromatic N) is 2. The Kier molecular flexibility index (Phi) is 3.96. The van der Waals surface area contributed by atoms with Crippen molar-refractivity contribution in [3.8, 4) is 5.75 Å². The predicted octanol–water partition coefficient (Wildman–Crippen LogP) is 3.71. The van der Waals surface area contributed by atoms with Gasteiger partial charge in [0.15, 0.2) is 0 Å². The fraction of sp³-hybridized carbons (Fsp3) is 0.409. The number of ether oxygens (including phenoxy) is 1. The zero-order valence-corrected chi connectivity index (χ0v) is 17.1. The number of thiophene rings is 1. The second kappa shape index (κ2) is 6.57. The van der Waals surface area contributed by atoms with Gasteiger partial charge >= 0.3 is 0 Å². The Morgan fingerprint density at radius 3 is 2.93 bits per heavy atom. The van der Waals surface area contributed by atoms with Crippen LogP contribution in [0, 0.1) is 12.7 Å². The van der Waals surface area contributed by atoms with E-state index in [0.717, 1.165) is 40.4 Å². The summed E-state index contributed by atoms with van der Waals surface area (Å²) in [5.74, 6) is 0.529. The number of hydrogen-bond acceptors (Lipinski definition) is 6. The molecule has 0 saturated carbocycles. The smallest absolute Gasteiger partial charge is 0.132 e. The molecule has 3 fully saturated rings. The molecule has 4 aliphatic heterocycles. The summed E-state index contributed by atoms with van der Waals surface area (Å²) < 4.78 is 21.0. The highest BCUT2D eigenvalue weighted by molar-refractivity contribution is 7.17. The number of fused-ring (bicyclic) bond motifs is 4. The van der Waals surface area contributed by atoms with Gasteiger partial charge in [-0.25, -0.2) is 9.37 Å². The van der Waals surface area contributed by atoms with Gasteiger partial charge in [-0.15, -0.1) is 11.3 Å². The molecule has 0 spiro atoms. The van der Waals surface area contributed by atoms with Gasteiger partial charge in [0, 0.05) is 65.4 Å². The van der Waals surface area contributed by atoms with Gasteiger partial charge in [0.05, 0.1) is 11.7 Å². The zero-order chi connectivity index (χ0) is 19.5. The molecule has 4 aliphatic rings.